The number of carboxylic acid groups (broad SMARTS) is 1. The number of carbonyl (C=O) groups excluding carboxylic acids is 1. The Morgan fingerprint density at radius 3 is 2.52 bits per heavy atom. The second kappa shape index (κ2) is 8.15. The van der Waals surface area contributed by atoms with Crippen LogP contribution in [0.15, 0.2) is 60.7 Å². The van der Waals surface area contributed by atoms with Crippen LogP contribution in [0.4, 0.5) is 0 Å². The Morgan fingerprint density at radius 1 is 1.13 bits per heavy atom. The van der Waals surface area contributed by atoms with Gasteiger partial charge in [0.05, 0.1) is 0 Å². The van der Waals surface area contributed by atoms with Crippen molar-refractivity contribution in [1.82, 2.24) is 5.32 Å². The van der Waals surface area contributed by atoms with E-state index < -0.39 is 17.9 Å². The van der Waals surface area contributed by atoms with Crippen LogP contribution in [-0.4, -0.2) is 23.0 Å². The summed E-state index contributed by atoms with van der Waals surface area (Å²) < 4.78 is 0. The van der Waals surface area contributed by atoms with Gasteiger partial charge in [0.15, 0.2) is 0 Å². The van der Waals surface area contributed by atoms with Crippen LogP contribution in [0.25, 0.3) is 6.08 Å². The standard InChI is InChI=1S/C18H16ClNO3/c19-15-8-4-7-14(11-15)9-10-17(21)20-16(18(22)23)12-13-5-2-1-3-6-13/h1-11,16H,12H2,(H,20,21)(H,22,23)/b10-9+. The minimum Gasteiger partial charge on any atom is -0.480 e. The molecular weight excluding hydrogens is 314 g/mol. The van der Waals surface area contributed by atoms with Crippen molar-refractivity contribution in [2.45, 2.75) is 12.5 Å². The van der Waals surface area contributed by atoms with Crippen LogP contribution in [0.2, 0.25) is 5.02 Å². The highest BCUT2D eigenvalue weighted by atomic mass is 35.5. The van der Waals surface area contributed by atoms with Crippen molar-refractivity contribution >= 4 is 29.6 Å². The zero-order chi connectivity index (χ0) is 16.7. The summed E-state index contributed by atoms with van der Waals surface area (Å²) in [7, 11) is 0. The van der Waals surface area contributed by atoms with Gasteiger partial charge in [0.25, 0.3) is 0 Å². The Labute approximate surface area is 139 Å². The lowest BCUT2D eigenvalue weighted by atomic mass is 10.1. The Balaban J connectivity index is 1.99. The van der Waals surface area contributed by atoms with Crippen LogP contribution in [-0.2, 0) is 16.0 Å². The van der Waals surface area contributed by atoms with Crippen LogP contribution < -0.4 is 5.32 Å². The largest absolute Gasteiger partial charge is 0.480 e. The molecule has 0 spiro atoms. The lowest BCUT2D eigenvalue weighted by Crippen LogP contribution is -2.41. The Bertz CT molecular complexity index is 713. The van der Waals surface area contributed by atoms with E-state index in [-0.39, 0.29) is 6.42 Å². The number of nitrogens with one attached hydrogen (secondary N) is 1. The molecule has 118 valence electrons. The highest BCUT2D eigenvalue weighted by molar-refractivity contribution is 6.30. The molecule has 0 aliphatic carbocycles. The summed E-state index contributed by atoms with van der Waals surface area (Å²) in [5.74, 6) is -1.54. The van der Waals surface area contributed by atoms with E-state index in [1.165, 1.54) is 6.08 Å². The predicted molar refractivity (Wildman–Crippen MR) is 90.2 cm³/mol. The fourth-order valence-corrected chi connectivity index (χ4v) is 2.25. The molecule has 0 heterocycles. The van der Waals surface area contributed by atoms with Crippen LogP contribution >= 0.6 is 11.6 Å². The van der Waals surface area contributed by atoms with Gasteiger partial charge in [-0.15, -0.1) is 0 Å². The average Bonchev–Trinajstić information content (AvgIpc) is 2.53. The number of aliphatic carboxylic acids is 1. The van der Waals surface area contributed by atoms with E-state index in [4.69, 9.17) is 11.6 Å². The van der Waals surface area contributed by atoms with E-state index in [9.17, 15) is 14.7 Å². The highest BCUT2D eigenvalue weighted by Crippen LogP contribution is 2.11. The fraction of sp³-hybridized carbons (Fsp3) is 0.111. The van der Waals surface area contributed by atoms with Gasteiger partial charge >= 0.3 is 5.97 Å². The van der Waals surface area contributed by atoms with E-state index in [0.717, 1.165) is 11.1 Å². The van der Waals surface area contributed by atoms with Gasteiger partial charge in [-0.3, -0.25) is 4.79 Å². The van der Waals surface area contributed by atoms with Crippen molar-refractivity contribution in [3.8, 4) is 0 Å². The number of benzene rings is 2. The molecule has 0 saturated heterocycles. The first-order chi connectivity index (χ1) is 11.0. The van der Waals surface area contributed by atoms with Crippen molar-refractivity contribution in [2.24, 2.45) is 0 Å². The zero-order valence-corrected chi connectivity index (χ0v) is 13.0. The van der Waals surface area contributed by atoms with Crippen molar-refractivity contribution in [3.05, 3.63) is 76.8 Å². The first-order valence-corrected chi connectivity index (χ1v) is 7.43. The predicted octanol–water partition coefficient (Wildman–Crippen LogP) is 3.17. The van der Waals surface area contributed by atoms with Gasteiger partial charge in [-0.2, -0.15) is 0 Å². The Morgan fingerprint density at radius 2 is 1.87 bits per heavy atom. The van der Waals surface area contributed by atoms with Crippen LogP contribution in [0.3, 0.4) is 0 Å². The lowest BCUT2D eigenvalue weighted by Gasteiger charge is -2.13. The van der Waals surface area contributed by atoms with Crippen LogP contribution in [0.5, 0.6) is 0 Å². The molecule has 2 N–H and O–H groups in total. The molecule has 0 saturated carbocycles. The quantitative estimate of drug-likeness (QED) is 0.800. The van der Waals surface area contributed by atoms with E-state index in [2.05, 4.69) is 5.32 Å². The molecule has 23 heavy (non-hydrogen) atoms. The van der Waals surface area contributed by atoms with Gasteiger partial charge in [0, 0.05) is 17.5 Å². The van der Waals surface area contributed by atoms with E-state index in [1.807, 2.05) is 30.3 Å². The summed E-state index contributed by atoms with van der Waals surface area (Å²) >= 11 is 5.86. The van der Waals surface area contributed by atoms with Crippen molar-refractivity contribution in [1.29, 1.82) is 0 Å². The Kier molecular flexibility index (Phi) is 5.94. The minimum absolute atomic E-state index is 0.229. The topological polar surface area (TPSA) is 66.4 Å². The smallest absolute Gasteiger partial charge is 0.326 e. The molecule has 2 rings (SSSR count). The molecular formula is C18H16ClNO3. The maximum absolute atomic E-state index is 11.9. The fourth-order valence-electron chi connectivity index (χ4n) is 2.05. The number of rotatable bonds is 6. The molecule has 5 heteroatoms. The second-order valence-corrected chi connectivity index (χ2v) is 5.41. The minimum atomic E-state index is -1.07. The third-order valence-electron chi connectivity index (χ3n) is 3.17. The van der Waals surface area contributed by atoms with Crippen LogP contribution in [0, 0.1) is 0 Å². The molecule has 4 nitrogen and oxygen atoms in total. The Hall–Kier alpha value is -2.59. The molecule has 0 aliphatic rings. The monoisotopic (exact) mass is 329 g/mol. The normalized spacial score (nSPS) is 12.0. The highest BCUT2D eigenvalue weighted by Gasteiger charge is 2.19. The summed E-state index contributed by atoms with van der Waals surface area (Å²) in [6.45, 7) is 0. The van der Waals surface area contributed by atoms with E-state index in [0.29, 0.717) is 5.02 Å². The summed E-state index contributed by atoms with van der Waals surface area (Å²) in [4.78, 5) is 23.2. The molecule has 2 aromatic rings. The van der Waals surface area contributed by atoms with Gasteiger partial charge in [0.2, 0.25) is 5.91 Å². The van der Waals surface area contributed by atoms with Crippen molar-refractivity contribution < 1.29 is 14.7 Å². The number of carbonyl (C=O) groups is 2. The summed E-state index contributed by atoms with van der Waals surface area (Å²) in [5.41, 5.74) is 1.61. The van der Waals surface area contributed by atoms with Crippen molar-refractivity contribution in [3.63, 3.8) is 0 Å². The number of halogens is 1. The molecule has 0 aliphatic heterocycles. The van der Waals surface area contributed by atoms with Gasteiger partial charge in [0.1, 0.15) is 6.04 Å². The average molecular weight is 330 g/mol. The zero-order valence-electron chi connectivity index (χ0n) is 12.3. The van der Waals surface area contributed by atoms with E-state index in [1.54, 1.807) is 30.3 Å². The van der Waals surface area contributed by atoms with Crippen molar-refractivity contribution in [2.75, 3.05) is 0 Å². The first-order valence-electron chi connectivity index (χ1n) is 7.05. The number of hydrogen-bond donors (Lipinski definition) is 2. The second-order valence-electron chi connectivity index (χ2n) is 4.98. The molecule has 2 aromatic carbocycles. The summed E-state index contributed by atoms with van der Waals surface area (Å²) in [6.07, 6.45) is 3.11. The molecule has 0 fully saturated rings. The molecule has 1 unspecified atom stereocenters. The number of hydrogen-bond acceptors (Lipinski definition) is 2. The van der Waals surface area contributed by atoms with Gasteiger partial charge in [-0.25, -0.2) is 4.79 Å². The van der Waals surface area contributed by atoms with Crippen LogP contribution in [0.1, 0.15) is 11.1 Å². The third kappa shape index (κ3) is 5.60. The van der Waals surface area contributed by atoms with Gasteiger partial charge < -0.3 is 10.4 Å². The molecule has 0 radical (unpaired) electrons. The SMILES string of the molecule is O=C(/C=C/c1cccc(Cl)c1)NC(Cc1ccccc1)C(=O)O. The molecule has 0 aromatic heterocycles. The number of carboxylic acids is 1. The molecule has 1 atom stereocenters. The number of amides is 1. The first kappa shape index (κ1) is 16.8. The summed E-state index contributed by atoms with van der Waals surface area (Å²) in [5, 5.41) is 12.3. The third-order valence-corrected chi connectivity index (χ3v) is 3.41. The molecule has 0 bridgehead atoms. The summed E-state index contributed by atoms with van der Waals surface area (Å²) in [6, 6.07) is 15.2. The van der Waals surface area contributed by atoms with Gasteiger partial charge in [-0.1, -0.05) is 54.1 Å². The molecule has 1 amide bonds. The van der Waals surface area contributed by atoms with E-state index >= 15 is 0 Å². The maximum atomic E-state index is 11.9. The lowest BCUT2D eigenvalue weighted by molar-refractivity contribution is -0.141. The maximum Gasteiger partial charge on any atom is 0.326 e. The van der Waals surface area contributed by atoms with Gasteiger partial charge in [-0.05, 0) is 29.3 Å².